The van der Waals surface area contributed by atoms with Crippen LogP contribution in [0.3, 0.4) is 0 Å². The Morgan fingerprint density at radius 2 is 2.15 bits per heavy atom. The third-order valence-electron chi connectivity index (χ3n) is 4.27. The van der Waals surface area contributed by atoms with Crippen molar-refractivity contribution in [1.82, 2.24) is 10.2 Å². The first-order valence-electron chi connectivity index (χ1n) is 7.50. The van der Waals surface area contributed by atoms with Crippen LogP contribution in [0.5, 0.6) is 5.75 Å². The monoisotopic (exact) mass is 274 g/mol. The van der Waals surface area contributed by atoms with Crippen molar-refractivity contribution in [3.63, 3.8) is 0 Å². The molecule has 0 bridgehead atoms. The molecule has 3 rings (SSSR count). The summed E-state index contributed by atoms with van der Waals surface area (Å²) in [4.78, 5) is 14.9. The van der Waals surface area contributed by atoms with Crippen LogP contribution >= 0.6 is 0 Å². The summed E-state index contributed by atoms with van der Waals surface area (Å²) in [7, 11) is 0. The summed E-state index contributed by atoms with van der Waals surface area (Å²) in [5, 5.41) is 3.32. The number of carbonyl (C=O) groups excluding carboxylic acids is 1. The lowest BCUT2D eigenvalue weighted by atomic mass is 9.98. The summed E-state index contributed by atoms with van der Waals surface area (Å²) < 4.78 is 5.60. The van der Waals surface area contributed by atoms with Crippen molar-refractivity contribution < 1.29 is 9.53 Å². The number of hydrogen-bond acceptors (Lipinski definition) is 4. The number of rotatable bonds is 3. The van der Waals surface area contributed by atoms with Crippen molar-refractivity contribution in [1.29, 1.82) is 0 Å². The minimum atomic E-state index is -0.0420. The Morgan fingerprint density at radius 3 is 2.95 bits per heavy atom. The Balaban J connectivity index is 1.75. The van der Waals surface area contributed by atoms with Crippen LogP contribution in [0.4, 0.5) is 0 Å². The standard InChI is InChI=1S/C16H22N2O2/c1-12(18-8-6-17-7-9-18)16(19)14-4-5-15-13(11-14)3-2-10-20-15/h4-5,11-12,17H,2-3,6-10H2,1H3. The maximum Gasteiger partial charge on any atom is 0.179 e. The molecule has 2 heterocycles. The molecule has 108 valence electrons. The van der Waals surface area contributed by atoms with E-state index in [0.29, 0.717) is 0 Å². The number of aryl methyl sites for hydroxylation is 1. The molecule has 1 fully saturated rings. The minimum Gasteiger partial charge on any atom is -0.493 e. The molecule has 1 aromatic rings. The smallest absolute Gasteiger partial charge is 0.179 e. The van der Waals surface area contributed by atoms with E-state index >= 15 is 0 Å². The number of ketones is 1. The summed E-state index contributed by atoms with van der Waals surface area (Å²) in [6.45, 7) is 6.63. The van der Waals surface area contributed by atoms with Crippen molar-refractivity contribution in [2.75, 3.05) is 32.8 Å². The second kappa shape index (κ2) is 5.94. The Kier molecular flexibility index (Phi) is 4.03. The number of fused-ring (bicyclic) bond motifs is 1. The van der Waals surface area contributed by atoms with Gasteiger partial charge in [-0.05, 0) is 43.5 Å². The summed E-state index contributed by atoms with van der Waals surface area (Å²) in [5.74, 6) is 1.17. The van der Waals surface area contributed by atoms with E-state index in [1.807, 2.05) is 25.1 Å². The molecule has 0 amide bonds. The SMILES string of the molecule is CC(C(=O)c1ccc2c(c1)CCCO2)N1CCNCC1. The van der Waals surface area contributed by atoms with Crippen LogP contribution in [0.2, 0.25) is 0 Å². The summed E-state index contributed by atoms with van der Waals surface area (Å²) in [6, 6.07) is 5.84. The second-order valence-electron chi connectivity index (χ2n) is 5.60. The highest BCUT2D eigenvalue weighted by Crippen LogP contribution is 2.26. The number of ether oxygens (including phenoxy) is 1. The first-order valence-corrected chi connectivity index (χ1v) is 7.50. The van der Waals surface area contributed by atoms with E-state index in [0.717, 1.165) is 56.9 Å². The van der Waals surface area contributed by atoms with Crippen LogP contribution < -0.4 is 10.1 Å². The van der Waals surface area contributed by atoms with Gasteiger partial charge in [0.25, 0.3) is 0 Å². The van der Waals surface area contributed by atoms with Gasteiger partial charge in [0.1, 0.15) is 5.75 Å². The molecule has 0 aliphatic carbocycles. The van der Waals surface area contributed by atoms with E-state index < -0.39 is 0 Å². The molecule has 0 saturated carbocycles. The maximum absolute atomic E-state index is 12.6. The highest BCUT2D eigenvalue weighted by Gasteiger charge is 2.24. The van der Waals surface area contributed by atoms with E-state index in [2.05, 4.69) is 10.2 Å². The molecule has 1 unspecified atom stereocenters. The van der Waals surface area contributed by atoms with Crippen LogP contribution in [0.25, 0.3) is 0 Å². The van der Waals surface area contributed by atoms with Gasteiger partial charge in [0.2, 0.25) is 0 Å². The number of Topliss-reactive ketones (excluding diaryl/α,β-unsaturated/α-hetero) is 1. The van der Waals surface area contributed by atoms with Crippen molar-refractivity contribution in [3.05, 3.63) is 29.3 Å². The summed E-state index contributed by atoms with van der Waals surface area (Å²) >= 11 is 0. The van der Waals surface area contributed by atoms with E-state index in [1.165, 1.54) is 5.56 Å². The van der Waals surface area contributed by atoms with Gasteiger partial charge in [-0.15, -0.1) is 0 Å². The molecule has 20 heavy (non-hydrogen) atoms. The van der Waals surface area contributed by atoms with Crippen LogP contribution in [0, 0.1) is 0 Å². The third kappa shape index (κ3) is 2.72. The van der Waals surface area contributed by atoms with Crippen molar-refractivity contribution >= 4 is 5.78 Å². The molecule has 0 radical (unpaired) electrons. The highest BCUT2D eigenvalue weighted by molar-refractivity contribution is 6.00. The van der Waals surface area contributed by atoms with Gasteiger partial charge in [-0.2, -0.15) is 0 Å². The minimum absolute atomic E-state index is 0.0420. The zero-order valence-electron chi connectivity index (χ0n) is 12.0. The lowest BCUT2D eigenvalue weighted by molar-refractivity contribution is 0.0820. The average molecular weight is 274 g/mol. The Bertz CT molecular complexity index is 495. The molecule has 4 heteroatoms. The van der Waals surface area contributed by atoms with Crippen LogP contribution in [0.1, 0.15) is 29.3 Å². The van der Waals surface area contributed by atoms with E-state index in [9.17, 15) is 4.79 Å². The zero-order chi connectivity index (χ0) is 13.9. The fourth-order valence-corrected chi connectivity index (χ4v) is 2.99. The molecule has 0 spiro atoms. The fourth-order valence-electron chi connectivity index (χ4n) is 2.99. The van der Waals surface area contributed by atoms with Gasteiger partial charge in [-0.25, -0.2) is 0 Å². The first kappa shape index (κ1) is 13.6. The summed E-state index contributed by atoms with van der Waals surface area (Å²) in [6.07, 6.45) is 2.05. The Hall–Kier alpha value is -1.39. The lowest BCUT2D eigenvalue weighted by Crippen LogP contribution is -2.50. The molecule has 1 N–H and O–H groups in total. The highest BCUT2D eigenvalue weighted by atomic mass is 16.5. The Labute approximate surface area is 120 Å². The molecule has 1 atom stereocenters. The van der Waals surface area contributed by atoms with Gasteiger partial charge < -0.3 is 10.1 Å². The van der Waals surface area contributed by atoms with Crippen molar-refractivity contribution in [2.45, 2.75) is 25.8 Å². The number of benzene rings is 1. The van der Waals surface area contributed by atoms with Gasteiger partial charge in [-0.3, -0.25) is 9.69 Å². The van der Waals surface area contributed by atoms with Gasteiger partial charge in [0.15, 0.2) is 5.78 Å². The normalized spacial score (nSPS) is 20.9. The molecule has 1 saturated heterocycles. The second-order valence-corrected chi connectivity index (χ2v) is 5.60. The Morgan fingerprint density at radius 1 is 1.35 bits per heavy atom. The number of hydrogen-bond donors (Lipinski definition) is 1. The van der Waals surface area contributed by atoms with E-state index in [-0.39, 0.29) is 11.8 Å². The fraction of sp³-hybridized carbons (Fsp3) is 0.562. The first-order chi connectivity index (χ1) is 9.75. The lowest BCUT2D eigenvalue weighted by Gasteiger charge is -2.32. The van der Waals surface area contributed by atoms with Gasteiger partial charge >= 0.3 is 0 Å². The predicted octanol–water partition coefficient (Wildman–Crippen LogP) is 1.49. The quantitative estimate of drug-likeness (QED) is 0.848. The third-order valence-corrected chi connectivity index (χ3v) is 4.27. The number of nitrogens with one attached hydrogen (secondary N) is 1. The van der Waals surface area contributed by atoms with Gasteiger partial charge in [-0.1, -0.05) is 0 Å². The number of piperazine rings is 1. The van der Waals surface area contributed by atoms with Gasteiger partial charge in [0, 0.05) is 31.7 Å². The number of carbonyl (C=O) groups is 1. The molecule has 1 aromatic carbocycles. The zero-order valence-corrected chi connectivity index (χ0v) is 12.0. The molecular formula is C16H22N2O2. The average Bonchev–Trinajstić information content (AvgIpc) is 2.54. The van der Waals surface area contributed by atoms with Crippen LogP contribution in [-0.4, -0.2) is 49.5 Å². The maximum atomic E-state index is 12.6. The van der Waals surface area contributed by atoms with Crippen molar-refractivity contribution in [2.24, 2.45) is 0 Å². The molecule has 2 aliphatic heterocycles. The van der Waals surface area contributed by atoms with Crippen molar-refractivity contribution in [3.8, 4) is 5.75 Å². The molecule has 4 nitrogen and oxygen atoms in total. The molecule has 2 aliphatic rings. The summed E-state index contributed by atoms with van der Waals surface area (Å²) in [5.41, 5.74) is 2.00. The predicted molar refractivity (Wildman–Crippen MR) is 78.5 cm³/mol. The largest absolute Gasteiger partial charge is 0.493 e. The number of nitrogens with zero attached hydrogens (tertiary/aromatic N) is 1. The van der Waals surface area contributed by atoms with E-state index in [1.54, 1.807) is 0 Å². The van der Waals surface area contributed by atoms with Crippen LogP contribution in [-0.2, 0) is 6.42 Å². The molecule has 0 aromatic heterocycles. The van der Waals surface area contributed by atoms with Crippen LogP contribution in [0.15, 0.2) is 18.2 Å². The molecular weight excluding hydrogens is 252 g/mol. The van der Waals surface area contributed by atoms with E-state index in [4.69, 9.17) is 4.74 Å². The topological polar surface area (TPSA) is 41.6 Å². The van der Waals surface area contributed by atoms with Gasteiger partial charge in [0.05, 0.1) is 12.6 Å².